The number of hydrogen-bond acceptors (Lipinski definition) is 5. The molecule has 2 fully saturated rings. The summed E-state index contributed by atoms with van der Waals surface area (Å²) in [5, 5.41) is 3.06. The minimum absolute atomic E-state index is 0.0514. The van der Waals surface area contributed by atoms with Crippen LogP contribution in [0, 0.1) is 5.92 Å². The normalized spacial score (nSPS) is 24.7. The molecule has 1 saturated carbocycles. The van der Waals surface area contributed by atoms with E-state index in [1.165, 1.54) is 0 Å². The van der Waals surface area contributed by atoms with Crippen molar-refractivity contribution >= 4 is 12.0 Å². The van der Waals surface area contributed by atoms with Gasteiger partial charge in [0.2, 0.25) is 11.8 Å². The van der Waals surface area contributed by atoms with Crippen molar-refractivity contribution in [1.29, 1.82) is 0 Å². The lowest BCUT2D eigenvalue weighted by Gasteiger charge is -2.34. The third-order valence-corrected chi connectivity index (χ3v) is 4.09. The smallest absolute Gasteiger partial charge is 0.317 e. The van der Waals surface area contributed by atoms with Gasteiger partial charge in [-0.1, -0.05) is 6.92 Å². The summed E-state index contributed by atoms with van der Waals surface area (Å²) in [5.74, 6) is 1.84. The molecule has 114 valence electrons. The van der Waals surface area contributed by atoms with Crippen LogP contribution in [-0.4, -0.2) is 60.2 Å². The maximum absolute atomic E-state index is 12.1. The Bertz CT molecular complexity index is 516. The van der Waals surface area contributed by atoms with Gasteiger partial charge < -0.3 is 19.9 Å². The molecule has 3 rings (SSSR count). The van der Waals surface area contributed by atoms with Crippen molar-refractivity contribution < 1.29 is 9.53 Å². The molecule has 0 aromatic carbocycles. The molecule has 0 spiro atoms. The zero-order valence-corrected chi connectivity index (χ0v) is 12.5. The average Bonchev–Trinajstić information content (AvgIpc) is 3.22. The van der Waals surface area contributed by atoms with Gasteiger partial charge in [0.1, 0.15) is 0 Å². The molecule has 0 unspecified atom stereocenters. The number of anilines is 1. The second-order valence-electron chi connectivity index (χ2n) is 5.64. The Balaban J connectivity index is 1.53. The Morgan fingerprint density at radius 1 is 1.38 bits per heavy atom. The summed E-state index contributed by atoms with van der Waals surface area (Å²) in [6, 6.07) is 2.15. The SMILES string of the molecule is COc1ccnc(N2CCN(C(=O)N[C@H]3C[C@@H]3C)CC2)n1. The Morgan fingerprint density at radius 3 is 2.71 bits per heavy atom. The standard InChI is InChI=1S/C14H21N5O2/c1-10-9-11(10)16-14(20)19-7-5-18(6-8-19)13-15-4-3-12(17-13)21-2/h3-4,10-11H,5-9H2,1-2H3,(H,16,20)/t10-,11-/m0/s1. The number of hydrogen-bond donors (Lipinski definition) is 1. The molecule has 21 heavy (non-hydrogen) atoms. The van der Waals surface area contributed by atoms with Gasteiger partial charge in [0.15, 0.2) is 0 Å². The molecule has 1 N–H and O–H groups in total. The van der Waals surface area contributed by atoms with Gasteiger partial charge in [-0.15, -0.1) is 0 Å². The fraction of sp³-hybridized carbons (Fsp3) is 0.643. The first-order valence-corrected chi connectivity index (χ1v) is 7.35. The predicted molar refractivity (Wildman–Crippen MR) is 78.5 cm³/mol. The summed E-state index contributed by atoms with van der Waals surface area (Å²) < 4.78 is 5.11. The van der Waals surface area contributed by atoms with Crippen LogP contribution in [0.1, 0.15) is 13.3 Å². The molecule has 1 saturated heterocycles. The number of aromatic nitrogens is 2. The van der Waals surface area contributed by atoms with Crippen molar-refractivity contribution in [3.8, 4) is 5.88 Å². The molecule has 1 aromatic rings. The van der Waals surface area contributed by atoms with E-state index in [0.29, 0.717) is 36.9 Å². The van der Waals surface area contributed by atoms with Crippen molar-refractivity contribution in [3.05, 3.63) is 12.3 Å². The fourth-order valence-corrected chi connectivity index (χ4v) is 2.48. The maximum atomic E-state index is 12.1. The number of nitrogens with zero attached hydrogens (tertiary/aromatic N) is 4. The van der Waals surface area contributed by atoms with Crippen LogP contribution in [-0.2, 0) is 0 Å². The Morgan fingerprint density at radius 2 is 2.10 bits per heavy atom. The fourth-order valence-electron chi connectivity index (χ4n) is 2.48. The highest BCUT2D eigenvalue weighted by Crippen LogP contribution is 2.29. The van der Waals surface area contributed by atoms with E-state index in [1.807, 2.05) is 4.90 Å². The van der Waals surface area contributed by atoms with Crippen molar-refractivity contribution in [2.45, 2.75) is 19.4 Å². The molecule has 0 bridgehead atoms. The maximum Gasteiger partial charge on any atom is 0.317 e. The number of nitrogens with one attached hydrogen (secondary N) is 1. The zero-order valence-electron chi connectivity index (χ0n) is 12.5. The van der Waals surface area contributed by atoms with Crippen molar-refractivity contribution in [2.24, 2.45) is 5.92 Å². The van der Waals surface area contributed by atoms with Crippen LogP contribution in [0.25, 0.3) is 0 Å². The first-order valence-electron chi connectivity index (χ1n) is 7.35. The average molecular weight is 291 g/mol. The van der Waals surface area contributed by atoms with Gasteiger partial charge in [-0.25, -0.2) is 9.78 Å². The predicted octanol–water partition coefficient (Wildman–Crippen LogP) is 0.725. The van der Waals surface area contributed by atoms with Crippen LogP contribution in [0.2, 0.25) is 0 Å². The highest BCUT2D eigenvalue weighted by atomic mass is 16.5. The van der Waals surface area contributed by atoms with E-state index < -0.39 is 0 Å². The molecule has 2 atom stereocenters. The first-order chi connectivity index (χ1) is 10.2. The van der Waals surface area contributed by atoms with E-state index in [9.17, 15) is 4.79 Å². The van der Waals surface area contributed by atoms with Gasteiger partial charge in [-0.2, -0.15) is 4.98 Å². The third-order valence-electron chi connectivity index (χ3n) is 4.09. The van der Waals surface area contributed by atoms with Crippen LogP contribution in [0.4, 0.5) is 10.7 Å². The number of carbonyl (C=O) groups is 1. The highest BCUT2D eigenvalue weighted by Gasteiger charge is 2.35. The molecular weight excluding hydrogens is 270 g/mol. The van der Waals surface area contributed by atoms with E-state index in [2.05, 4.69) is 27.1 Å². The molecule has 2 amide bonds. The zero-order chi connectivity index (χ0) is 14.8. The molecule has 1 aliphatic carbocycles. The summed E-state index contributed by atoms with van der Waals surface area (Å²) in [5.41, 5.74) is 0. The Hall–Kier alpha value is -2.05. The lowest BCUT2D eigenvalue weighted by atomic mass is 10.3. The summed E-state index contributed by atoms with van der Waals surface area (Å²) in [4.78, 5) is 24.6. The minimum atomic E-state index is 0.0514. The Kier molecular flexibility index (Phi) is 3.81. The number of piperazine rings is 1. The quantitative estimate of drug-likeness (QED) is 0.889. The second kappa shape index (κ2) is 5.75. The van der Waals surface area contributed by atoms with E-state index >= 15 is 0 Å². The summed E-state index contributed by atoms with van der Waals surface area (Å²) in [7, 11) is 1.59. The Labute approximate surface area is 124 Å². The summed E-state index contributed by atoms with van der Waals surface area (Å²) in [6.45, 7) is 5.01. The highest BCUT2D eigenvalue weighted by molar-refractivity contribution is 5.75. The van der Waals surface area contributed by atoms with Crippen molar-refractivity contribution in [1.82, 2.24) is 20.2 Å². The number of rotatable bonds is 3. The molecule has 7 heteroatoms. The van der Waals surface area contributed by atoms with Crippen molar-refractivity contribution in [2.75, 3.05) is 38.2 Å². The van der Waals surface area contributed by atoms with E-state index in [-0.39, 0.29) is 6.03 Å². The number of urea groups is 1. The molecule has 2 aliphatic rings. The van der Waals surface area contributed by atoms with Crippen LogP contribution in [0.15, 0.2) is 12.3 Å². The van der Waals surface area contributed by atoms with Crippen molar-refractivity contribution in [3.63, 3.8) is 0 Å². The largest absolute Gasteiger partial charge is 0.481 e. The van der Waals surface area contributed by atoms with Gasteiger partial charge in [-0.3, -0.25) is 0 Å². The van der Waals surface area contributed by atoms with Crippen LogP contribution < -0.4 is 15.0 Å². The number of carbonyl (C=O) groups excluding carboxylic acids is 1. The molecular formula is C14H21N5O2. The minimum Gasteiger partial charge on any atom is -0.481 e. The number of amides is 2. The van der Waals surface area contributed by atoms with Gasteiger partial charge >= 0.3 is 6.03 Å². The summed E-state index contributed by atoms with van der Waals surface area (Å²) in [6.07, 6.45) is 2.79. The van der Waals surface area contributed by atoms with E-state index in [4.69, 9.17) is 4.74 Å². The summed E-state index contributed by atoms with van der Waals surface area (Å²) >= 11 is 0. The van der Waals surface area contributed by atoms with Crippen LogP contribution in [0.3, 0.4) is 0 Å². The monoisotopic (exact) mass is 291 g/mol. The molecule has 7 nitrogen and oxygen atoms in total. The molecule has 0 radical (unpaired) electrons. The molecule has 1 aromatic heterocycles. The van der Waals surface area contributed by atoms with Crippen LogP contribution in [0.5, 0.6) is 5.88 Å². The third kappa shape index (κ3) is 3.17. The second-order valence-corrected chi connectivity index (χ2v) is 5.64. The van der Waals surface area contributed by atoms with E-state index in [0.717, 1.165) is 19.5 Å². The molecule has 2 heterocycles. The molecule has 1 aliphatic heterocycles. The number of methoxy groups -OCH3 is 1. The van der Waals surface area contributed by atoms with Gasteiger partial charge in [0.25, 0.3) is 0 Å². The van der Waals surface area contributed by atoms with Gasteiger partial charge in [0.05, 0.1) is 7.11 Å². The number of ether oxygens (including phenoxy) is 1. The van der Waals surface area contributed by atoms with Crippen LogP contribution >= 0.6 is 0 Å². The van der Waals surface area contributed by atoms with Gasteiger partial charge in [0, 0.05) is 44.5 Å². The topological polar surface area (TPSA) is 70.6 Å². The lowest BCUT2D eigenvalue weighted by molar-refractivity contribution is 0.193. The van der Waals surface area contributed by atoms with Gasteiger partial charge in [-0.05, 0) is 12.3 Å². The first kappa shape index (κ1) is 13.9. The lowest BCUT2D eigenvalue weighted by Crippen LogP contribution is -2.52. The van der Waals surface area contributed by atoms with E-state index in [1.54, 1.807) is 19.4 Å².